The lowest BCUT2D eigenvalue weighted by atomic mass is 10.0. The number of nitrogens with one attached hydrogen (secondary N) is 1. The lowest BCUT2D eigenvalue weighted by molar-refractivity contribution is -0.384. The maximum Gasteiger partial charge on any atom is 0.293 e. The summed E-state index contributed by atoms with van der Waals surface area (Å²) in [4.78, 5) is 23.7. The van der Waals surface area contributed by atoms with Crippen molar-refractivity contribution >= 4 is 39.7 Å². The summed E-state index contributed by atoms with van der Waals surface area (Å²) in [7, 11) is 0. The van der Waals surface area contributed by atoms with Gasteiger partial charge < -0.3 is 24.3 Å². The smallest absolute Gasteiger partial charge is 0.293 e. The number of aryl methyl sites for hydroxylation is 1. The Morgan fingerprint density at radius 1 is 1.09 bits per heavy atom. The fourth-order valence-electron chi connectivity index (χ4n) is 4.54. The van der Waals surface area contributed by atoms with Gasteiger partial charge in [-0.1, -0.05) is 6.07 Å². The van der Waals surface area contributed by atoms with Gasteiger partial charge in [-0.05, 0) is 36.8 Å². The summed E-state index contributed by atoms with van der Waals surface area (Å²) in [6.45, 7) is 6.67. The van der Waals surface area contributed by atoms with Crippen molar-refractivity contribution < 1.29 is 14.4 Å². The SMILES string of the molecule is Cc1ccc2nc(/C(C#N)=C/c3cc([N+](=O)[O-])c(N4CCOCC4)cc3N3CCOCC3)[nH]c2c1. The first kappa shape index (κ1) is 22.8. The molecule has 0 saturated carbocycles. The molecule has 2 saturated heterocycles. The van der Waals surface area contributed by atoms with Gasteiger partial charge >= 0.3 is 0 Å². The summed E-state index contributed by atoms with van der Waals surface area (Å²) < 4.78 is 11.0. The summed E-state index contributed by atoms with van der Waals surface area (Å²) in [6, 6.07) is 11.5. The van der Waals surface area contributed by atoms with E-state index in [1.807, 2.05) is 36.1 Å². The third kappa shape index (κ3) is 4.69. The Balaban J connectivity index is 1.64. The molecular weight excluding hydrogens is 448 g/mol. The molecule has 2 aromatic carbocycles. The number of allylic oxidation sites excluding steroid dienone is 1. The minimum absolute atomic E-state index is 0.00711. The summed E-state index contributed by atoms with van der Waals surface area (Å²) in [6.07, 6.45) is 1.69. The molecule has 5 rings (SSSR count). The van der Waals surface area contributed by atoms with Crippen LogP contribution in [-0.2, 0) is 9.47 Å². The number of rotatable bonds is 5. The highest BCUT2D eigenvalue weighted by Crippen LogP contribution is 2.38. The lowest BCUT2D eigenvalue weighted by Crippen LogP contribution is -2.38. The molecule has 35 heavy (non-hydrogen) atoms. The normalized spacial score (nSPS) is 17.0. The number of hydrogen-bond acceptors (Lipinski definition) is 8. The molecule has 0 atom stereocenters. The van der Waals surface area contributed by atoms with Gasteiger partial charge in [-0.2, -0.15) is 5.26 Å². The number of ether oxygens (including phenoxy) is 2. The second kappa shape index (κ2) is 9.74. The molecule has 2 fully saturated rings. The Morgan fingerprint density at radius 3 is 2.37 bits per heavy atom. The van der Waals surface area contributed by atoms with Crippen LogP contribution in [0, 0.1) is 28.4 Å². The Bertz CT molecular complexity index is 1330. The largest absolute Gasteiger partial charge is 0.378 e. The average Bonchev–Trinajstić information content (AvgIpc) is 3.30. The third-order valence-corrected chi connectivity index (χ3v) is 6.34. The quantitative estimate of drug-likeness (QED) is 0.339. The highest BCUT2D eigenvalue weighted by Gasteiger charge is 2.26. The highest BCUT2D eigenvalue weighted by molar-refractivity contribution is 5.94. The van der Waals surface area contributed by atoms with Crippen LogP contribution in [0.1, 0.15) is 17.0 Å². The maximum absolute atomic E-state index is 12.1. The molecule has 2 aliphatic heterocycles. The van der Waals surface area contributed by atoms with E-state index in [4.69, 9.17) is 9.47 Å². The van der Waals surface area contributed by atoms with Crippen LogP contribution in [0.25, 0.3) is 22.7 Å². The zero-order valence-corrected chi connectivity index (χ0v) is 19.5. The van der Waals surface area contributed by atoms with Crippen molar-refractivity contribution in [3.8, 4) is 6.07 Å². The molecule has 0 aliphatic carbocycles. The van der Waals surface area contributed by atoms with Crippen molar-refractivity contribution in [2.24, 2.45) is 0 Å². The second-order valence-electron chi connectivity index (χ2n) is 8.63. The van der Waals surface area contributed by atoms with E-state index in [2.05, 4.69) is 20.9 Å². The molecule has 3 heterocycles. The molecule has 180 valence electrons. The highest BCUT2D eigenvalue weighted by atomic mass is 16.6. The topological polar surface area (TPSA) is 121 Å². The molecule has 0 unspecified atom stereocenters. The second-order valence-corrected chi connectivity index (χ2v) is 8.63. The van der Waals surface area contributed by atoms with Gasteiger partial charge in [0.2, 0.25) is 0 Å². The van der Waals surface area contributed by atoms with E-state index in [-0.39, 0.29) is 10.6 Å². The molecule has 10 nitrogen and oxygen atoms in total. The number of morpholine rings is 2. The van der Waals surface area contributed by atoms with Crippen molar-refractivity contribution in [3.63, 3.8) is 0 Å². The zero-order valence-electron chi connectivity index (χ0n) is 19.5. The van der Waals surface area contributed by atoms with Crippen molar-refractivity contribution in [1.82, 2.24) is 9.97 Å². The van der Waals surface area contributed by atoms with Gasteiger partial charge in [0.05, 0.1) is 48.0 Å². The number of anilines is 2. The Hall–Kier alpha value is -3.94. The van der Waals surface area contributed by atoms with Gasteiger partial charge in [0.1, 0.15) is 17.6 Å². The minimum atomic E-state index is -0.360. The van der Waals surface area contributed by atoms with Gasteiger partial charge in [0.25, 0.3) is 5.69 Å². The lowest BCUT2D eigenvalue weighted by Gasteiger charge is -2.33. The summed E-state index contributed by atoms with van der Waals surface area (Å²) in [5.41, 5.74) is 4.99. The standard InChI is InChI=1S/C25H26N6O4/c1-17-2-3-20-21(12-17)28-25(27-20)19(16-26)13-18-14-24(31(32)33)23(30-6-10-35-11-7-30)15-22(18)29-4-8-34-9-5-29/h2-3,12-15H,4-11H2,1H3,(H,27,28)/b19-13+. The summed E-state index contributed by atoms with van der Waals surface area (Å²) in [5, 5.41) is 22.1. The van der Waals surface area contributed by atoms with Crippen LogP contribution < -0.4 is 9.80 Å². The molecule has 3 aromatic rings. The maximum atomic E-state index is 12.1. The average molecular weight is 475 g/mol. The van der Waals surface area contributed by atoms with Crippen LogP contribution in [0.4, 0.5) is 17.1 Å². The van der Waals surface area contributed by atoms with Crippen LogP contribution in [0.5, 0.6) is 0 Å². The summed E-state index contributed by atoms with van der Waals surface area (Å²) in [5.74, 6) is 0.431. The number of benzene rings is 2. The van der Waals surface area contributed by atoms with Crippen molar-refractivity contribution in [3.05, 3.63) is 57.4 Å². The van der Waals surface area contributed by atoms with Crippen molar-refractivity contribution in [2.75, 3.05) is 62.4 Å². The first-order valence-corrected chi connectivity index (χ1v) is 11.6. The molecule has 0 spiro atoms. The number of nitro benzene ring substituents is 1. The minimum Gasteiger partial charge on any atom is -0.378 e. The van der Waals surface area contributed by atoms with E-state index in [9.17, 15) is 15.4 Å². The van der Waals surface area contributed by atoms with E-state index in [0.29, 0.717) is 75.3 Å². The van der Waals surface area contributed by atoms with E-state index < -0.39 is 0 Å². The third-order valence-electron chi connectivity index (χ3n) is 6.34. The number of nitriles is 1. The number of nitro groups is 1. The Morgan fingerprint density at radius 2 is 1.74 bits per heavy atom. The molecule has 2 aliphatic rings. The monoisotopic (exact) mass is 474 g/mol. The van der Waals surface area contributed by atoms with Gasteiger partial charge in [-0.3, -0.25) is 10.1 Å². The molecule has 1 aromatic heterocycles. The molecule has 0 radical (unpaired) electrons. The van der Waals surface area contributed by atoms with E-state index >= 15 is 0 Å². The fraction of sp³-hybridized carbons (Fsp3) is 0.360. The van der Waals surface area contributed by atoms with Crippen LogP contribution in [0.15, 0.2) is 30.3 Å². The van der Waals surface area contributed by atoms with Crippen LogP contribution in [0.3, 0.4) is 0 Å². The molecule has 0 amide bonds. The van der Waals surface area contributed by atoms with Gasteiger partial charge in [-0.15, -0.1) is 0 Å². The molecule has 1 N–H and O–H groups in total. The van der Waals surface area contributed by atoms with Gasteiger partial charge in [0, 0.05) is 43.5 Å². The number of fused-ring (bicyclic) bond motifs is 1. The zero-order chi connectivity index (χ0) is 24.4. The number of aromatic nitrogens is 2. The number of H-pyrrole nitrogens is 1. The first-order valence-electron chi connectivity index (χ1n) is 11.6. The van der Waals surface area contributed by atoms with Crippen LogP contribution in [-0.4, -0.2) is 67.5 Å². The number of aromatic amines is 1. The van der Waals surface area contributed by atoms with Crippen molar-refractivity contribution in [1.29, 1.82) is 5.26 Å². The summed E-state index contributed by atoms with van der Waals surface area (Å²) >= 11 is 0. The van der Waals surface area contributed by atoms with Crippen LogP contribution in [0.2, 0.25) is 0 Å². The van der Waals surface area contributed by atoms with E-state index in [1.165, 1.54) is 0 Å². The van der Waals surface area contributed by atoms with E-state index in [1.54, 1.807) is 12.1 Å². The molecule has 0 bridgehead atoms. The number of nitrogens with zero attached hydrogens (tertiary/aromatic N) is 5. The number of imidazole rings is 1. The molecular formula is C25H26N6O4. The first-order chi connectivity index (χ1) is 17.0. The predicted molar refractivity (Wildman–Crippen MR) is 133 cm³/mol. The van der Waals surface area contributed by atoms with Crippen LogP contribution >= 0.6 is 0 Å². The Labute approximate surface area is 202 Å². The Kier molecular flexibility index (Phi) is 6.35. The fourth-order valence-corrected chi connectivity index (χ4v) is 4.54. The van der Waals surface area contributed by atoms with E-state index in [0.717, 1.165) is 22.3 Å². The van der Waals surface area contributed by atoms with Crippen molar-refractivity contribution in [2.45, 2.75) is 6.92 Å². The predicted octanol–water partition coefficient (Wildman–Crippen LogP) is 3.52. The van der Waals surface area contributed by atoms with Gasteiger partial charge in [-0.25, -0.2) is 4.98 Å². The van der Waals surface area contributed by atoms with Gasteiger partial charge in [0.15, 0.2) is 0 Å². The number of hydrogen-bond donors (Lipinski definition) is 1. The molecule has 10 heteroatoms.